The zero-order chi connectivity index (χ0) is 25.6. The average molecular weight is 488 g/mol. The number of allylic oxidation sites excluding steroid dienone is 2. The normalized spacial score (nSPS) is 36.8. The van der Waals surface area contributed by atoms with Crippen molar-refractivity contribution < 1.29 is 23.8 Å². The summed E-state index contributed by atoms with van der Waals surface area (Å²) in [5, 5.41) is 3.04. The molecule has 3 saturated heterocycles. The molecule has 194 valence electrons. The second kappa shape index (κ2) is 12.1. The summed E-state index contributed by atoms with van der Waals surface area (Å²) in [5.41, 5.74) is 11.9. The molecule has 3 rings (SSSR count). The Morgan fingerprint density at radius 2 is 1.77 bits per heavy atom. The smallest absolute Gasteiger partial charge is 0.244 e. The fourth-order valence-corrected chi connectivity index (χ4v) is 4.72. The fraction of sp³-hybridized carbons (Fsp3) is 0.630. The molecular formula is C27H41N3O5. The van der Waals surface area contributed by atoms with Gasteiger partial charge in [-0.2, -0.15) is 0 Å². The zero-order valence-corrected chi connectivity index (χ0v) is 21.3. The third kappa shape index (κ3) is 8.72. The highest BCUT2D eigenvalue weighted by atomic mass is 16.6. The third-order valence-electron chi connectivity index (χ3n) is 6.86. The van der Waals surface area contributed by atoms with Gasteiger partial charge in [-0.3, -0.25) is 9.59 Å². The molecule has 8 nitrogen and oxygen atoms in total. The number of hydrogen-bond donors (Lipinski definition) is 3. The van der Waals surface area contributed by atoms with Crippen LogP contribution in [0.2, 0.25) is 0 Å². The molecule has 3 heterocycles. The summed E-state index contributed by atoms with van der Waals surface area (Å²) < 4.78 is 18.0. The van der Waals surface area contributed by atoms with E-state index in [1.807, 2.05) is 13.8 Å². The Kier molecular flexibility index (Phi) is 9.47. The lowest BCUT2D eigenvalue weighted by Crippen LogP contribution is -2.50. The monoisotopic (exact) mass is 487 g/mol. The van der Waals surface area contributed by atoms with Crippen molar-refractivity contribution in [1.29, 1.82) is 0 Å². The van der Waals surface area contributed by atoms with Gasteiger partial charge in [-0.05, 0) is 39.5 Å². The average Bonchev–Trinajstić information content (AvgIpc) is 3.53. The van der Waals surface area contributed by atoms with Gasteiger partial charge in [0, 0.05) is 31.0 Å². The number of carbonyl (C=O) groups excluding carboxylic acids is 2. The molecule has 0 aromatic rings. The van der Waals surface area contributed by atoms with Crippen LogP contribution in [0.3, 0.4) is 0 Å². The Morgan fingerprint density at radius 3 is 2.37 bits per heavy atom. The van der Waals surface area contributed by atoms with Crippen LogP contribution >= 0.6 is 0 Å². The Bertz CT molecular complexity index is 874. The van der Waals surface area contributed by atoms with Gasteiger partial charge in [-0.15, -0.1) is 0 Å². The van der Waals surface area contributed by atoms with E-state index in [4.69, 9.17) is 25.7 Å². The minimum atomic E-state index is -0.476. The highest BCUT2D eigenvalue weighted by Gasteiger charge is 2.50. The number of hydrogen-bond acceptors (Lipinski definition) is 6. The number of ether oxygens (including phenoxy) is 3. The molecular weight excluding hydrogens is 446 g/mol. The van der Waals surface area contributed by atoms with Crippen LogP contribution in [-0.4, -0.2) is 60.5 Å². The van der Waals surface area contributed by atoms with Crippen molar-refractivity contribution in [2.45, 2.75) is 95.5 Å². The molecule has 0 saturated carbocycles. The van der Waals surface area contributed by atoms with Gasteiger partial charge in [0.2, 0.25) is 11.8 Å². The predicted octanol–water partition coefficient (Wildman–Crippen LogP) is 2.44. The molecule has 3 fully saturated rings. The van der Waals surface area contributed by atoms with Gasteiger partial charge in [0.15, 0.2) is 0 Å². The third-order valence-corrected chi connectivity index (χ3v) is 6.86. The second-order valence-corrected chi connectivity index (χ2v) is 10.3. The summed E-state index contributed by atoms with van der Waals surface area (Å²) in [6.07, 6.45) is 15.6. The van der Waals surface area contributed by atoms with Crippen molar-refractivity contribution in [1.82, 2.24) is 5.32 Å². The highest BCUT2D eigenvalue weighted by Crippen LogP contribution is 2.42. The standard InChI is InChI=1S/C27H41N3O5/c1-17(5-8-21-14-27(16-33-27)15-22(35-21)9-11-25(29)31)6-10-24-18(2)13-23(20(4)34-24)30-26(32)12-7-19(3)28/h5-9,11-12,18-24H,10,13-16,28H2,1-4H3,(H2,29,31)(H,30,32)/b8-5+,11-9+,12-7-,17-6+/t18-,19?,20+,21+,22+,23+,24-,27+/m0/s1. The van der Waals surface area contributed by atoms with Gasteiger partial charge in [0.25, 0.3) is 0 Å². The molecule has 0 aromatic carbocycles. The maximum absolute atomic E-state index is 12.1. The maximum Gasteiger partial charge on any atom is 0.244 e. The first-order valence-corrected chi connectivity index (χ1v) is 12.6. The minimum absolute atomic E-state index is 0.0200. The highest BCUT2D eigenvalue weighted by molar-refractivity contribution is 5.87. The first-order chi connectivity index (χ1) is 16.5. The molecule has 1 spiro atoms. The van der Waals surface area contributed by atoms with Crippen molar-refractivity contribution in [2.75, 3.05) is 6.61 Å². The molecule has 0 aliphatic carbocycles. The minimum Gasteiger partial charge on any atom is -0.373 e. The molecule has 8 atom stereocenters. The van der Waals surface area contributed by atoms with Gasteiger partial charge in [0.1, 0.15) is 0 Å². The van der Waals surface area contributed by atoms with Gasteiger partial charge < -0.3 is 31.0 Å². The van der Waals surface area contributed by atoms with Crippen LogP contribution in [-0.2, 0) is 23.8 Å². The lowest BCUT2D eigenvalue weighted by molar-refractivity contribution is -0.123. The van der Waals surface area contributed by atoms with Crippen LogP contribution in [0.1, 0.15) is 53.4 Å². The summed E-state index contributed by atoms with van der Waals surface area (Å²) in [6, 6.07) is -0.172. The van der Waals surface area contributed by atoms with Crippen molar-refractivity contribution in [3.8, 4) is 0 Å². The van der Waals surface area contributed by atoms with Crippen LogP contribution in [0.15, 0.2) is 48.1 Å². The molecule has 1 unspecified atom stereocenters. The zero-order valence-electron chi connectivity index (χ0n) is 21.3. The lowest BCUT2D eigenvalue weighted by atomic mass is 9.88. The van der Waals surface area contributed by atoms with E-state index in [0.29, 0.717) is 5.92 Å². The van der Waals surface area contributed by atoms with Crippen LogP contribution in [0.4, 0.5) is 0 Å². The number of epoxide rings is 1. The second-order valence-electron chi connectivity index (χ2n) is 10.3. The maximum atomic E-state index is 12.1. The number of amides is 2. The Morgan fingerprint density at radius 1 is 1.11 bits per heavy atom. The van der Waals surface area contributed by atoms with Crippen LogP contribution in [0.5, 0.6) is 0 Å². The van der Waals surface area contributed by atoms with E-state index in [0.717, 1.165) is 37.9 Å². The lowest BCUT2D eigenvalue weighted by Gasteiger charge is -2.39. The van der Waals surface area contributed by atoms with E-state index in [1.165, 1.54) is 12.2 Å². The van der Waals surface area contributed by atoms with Crippen LogP contribution in [0.25, 0.3) is 0 Å². The van der Waals surface area contributed by atoms with E-state index < -0.39 is 5.91 Å². The van der Waals surface area contributed by atoms with Crippen molar-refractivity contribution in [3.63, 3.8) is 0 Å². The molecule has 3 aliphatic heterocycles. The largest absolute Gasteiger partial charge is 0.373 e. The number of nitrogens with two attached hydrogens (primary N) is 2. The Labute approximate surface area is 208 Å². The Balaban J connectivity index is 1.50. The summed E-state index contributed by atoms with van der Waals surface area (Å²) >= 11 is 0. The molecule has 3 aliphatic rings. The molecule has 5 N–H and O–H groups in total. The van der Waals surface area contributed by atoms with Gasteiger partial charge in [-0.25, -0.2) is 0 Å². The van der Waals surface area contributed by atoms with Crippen LogP contribution < -0.4 is 16.8 Å². The van der Waals surface area contributed by atoms with Crippen molar-refractivity contribution in [3.05, 3.63) is 48.1 Å². The van der Waals surface area contributed by atoms with Crippen molar-refractivity contribution in [2.24, 2.45) is 17.4 Å². The molecule has 8 heteroatoms. The first kappa shape index (κ1) is 27.3. The molecule has 35 heavy (non-hydrogen) atoms. The summed E-state index contributed by atoms with van der Waals surface area (Å²) in [4.78, 5) is 23.2. The quantitative estimate of drug-likeness (QED) is 0.260. The van der Waals surface area contributed by atoms with Crippen LogP contribution in [0, 0.1) is 5.92 Å². The number of rotatable bonds is 9. The van der Waals surface area contributed by atoms with E-state index >= 15 is 0 Å². The summed E-state index contributed by atoms with van der Waals surface area (Å²) in [7, 11) is 0. The van der Waals surface area contributed by atoms with Gasteiger partial charge >= 0.3 is 0 Å². The summed E-state index contributed by atoms with van der Waals surface area (Å²) in [6.45, 7) is 8.80. The SMILES string of the molecule is CC(/C=C/[C@@H]1C[C@]2(CO2)C[C@@H](/C=C/C(N)=O)O1)=C\C[C@@H]1O[C@H](C)[C@H](NC(=O)/C=C\C(C)N)C[C@@H]1C. The number of nitrogens with one attached hydrogen (secondary N) is 1. The van der Waals surface area contributed by atoms with E-state index in [-0.39, 0.29) is 48.0 Å². The van der Waals surface area contributed by atoms with Gasteiger partial charge in [-0.1, -0.05) is 42.9 Å². The van der Waals surface area contributed by atoms with Gasteiger partial charge in [0.05, 0.1) is 42.7 Å². The molecule has 0 bridgehead atoms. The predicted molar refractivity (Wildman–Crippen MR) is 135 cm³/mol. The topological polar surface area (TPSA) is 129 Å². The number of primary amides is 1. The van der Waals surface area contributed by atoms with E-state index in [2.05, 4.69) is 37.4 Å². The van der Waals surface area contributed by atoms with Crippen molar-refractivity contribution >= 4 is 11.8 Å². The Hall–Kier alpha value is -2.26. The summed E-state index contributed by atoms with van der Waals surface area (Å²) in [5.74, 6) is -0.297. The molecule has 0 aromatic heterocycles. The molecule has 2 amide bonds. The fourth-order valence-electron chi connectivity index (χ4n) is 4.72. The van der Waals surface area contributed by atoms with E-state index in [9.17, 15) is 9.59 Å². The van der Waals surface area contributed by atoms with E-state index in [1.54, 1.807) is 12.2 Å². The molecule has 0 radical (unpaired) electrons. The first-order valence-electron chi connectivity index (χ1n) is 12.6. The number of carbonyl (C=O) groups is 2.